The lowest BCUT2D eigenvalue weighted by Gasteiger charge is -2.12. The Morgan fingerprint density at radius 2 is 2.00 bits per heavy atom. The molecule has 0 aliphatic carbocycles. The van der Waals surface area contributed by atoms with Gasteiger partial charge in [-0.2, -0.15) is 13.1 Å². The molecule has 1 aromatic rings. The Balaban J connectivity index is 2.94. The number of para-hydroxylation sites is 1. The highest BCUT2D eigenvalue weighted by Crippen LogP contribution is 2.27. The third kappa shape index (κ3) is 4.42. The van der Waals surface area contributed by atoms with Crippen molar-refractivity contribution < 1.29 is 23.4 Å². The molecule has 0 aliphatic rings. The van der Waals surface area contributed by atoms with Crippen LogP contribution in [-0.2, 0) is 10.2 Å². The Bertz CT molecular complexity index is 568. The first-order chi connectivity index (χ1) is 8.73. The fraction of sp³-hybridized carbons (Fsp3) is 0.364. The topological polar surface area (TPSA) is 116 Å². The first kappa shape index (κ1) is 15.3. The van der Waals surface area contributed by atoms with Crippen LogP contribution in [0.1, 0.15) is 24.2 Å². The summed E-state index contributed by atoms with van der Waals surface area (Å²) in [6.07, 6.45) is 0. The molecule has 0 atom stereocenters. The maximum Gasteiger partial charge on any atom is 0.339 e. The van der Waals surface area contributed by atoms with E-state index in [1.165, 1.54) is 18.2 Å². The van der Waals surface area contributed by atoms with Crippen molar-refractivity contribution >= 4 is 21.9 Å². The molecule has 4 N–H and O–H groups in total. The lowest BCUT2D eigenvalue weighted by molar-refractivity contribution is 0.0694. The molecule has 7 nitrogen and oxygen atoms in total. The molecule has 0 bridgehead atoms. The summed E-state index contributed by atoms with van der Waals surface area (Å²) in [4.78, 5) is 10.8. The SMILES string of the molecule is CC(C)CNS(=O)(=O)Nc1cccc(C(=O)O)c1O. The van der Waals surface area contributed by atoms with E-state index in [0.717, 1.165) is 0 Å². The number of aromatic carboxylic acids is 1. The van der Waals surface area contributed by atoms with Crippen molar-refractivity contribution in [2.45, 2.75) is 13.8 Å². The van der Waals surface area contributed by atoms with Gasteiger partial charge in [0, 0.05) is 6.54 Å². The molecular weight excluding hydrogens is 272 g/mol. The van der Waals surface area contributed by atoms with Gasteiger partial charge in [-0.3, -0.25) is 4.72 Å². The van der Waals surface area contributed by atoms with Crippen LogP contribution < -0.4 is 9.44 Å². The third-order valence-corrected chi connectivity index (χ3v) is 3.23. The fourth-order valence-electron chi connectivity index (χ4n) is 1.26. The number of aromatic hydroxyl groups is 1. The van der Waals surface area contributed by atoms with Gasteiger partial charge in [-0.25, -0.2) is 4.79 Å². The summed E-state index contributed by atoms with van der Waals surface area (Å²) in [6.45, 7) is 3.91. The highest BCUT2D eigenvalue weighted by Gasteiger charge is 2.17. The van der Waals surface area contributed by atoms with Gasteiger partial charge in [0.05, 0.1) is 5.69 Å². The average Bonchev–Trinajstić information content (AvgIpc) is 2.29. The number of hydrogen-bond acceptors (Lipinski definition) is 4. The second kappa shape index (κ2) is 5.89. The molecular formula is C11H16N2O5S. The van der Waals surface area contributed by atoms with Crippen molar-refractivity contribution in [1.29, 1.82) is 0 Å². The van der Waals surface area contributed by atoms with Crippen LogP contribution in [0.5, 0.6) is 5.75 Å². The predicted octanol–water partition coefficient (Wildman–Crippen LogP) is 0.993. The molecule has 8 heteroatoms. The van der Waals surface area contributed by atoms with Crippen molar-refractivity contribution in [2.75, 3.05) is 11.3 Å². The molecule has 0 unspecified atom stereocenters. The van der Waals surface area contributed by atoms with E-state index in [0.29, 0.717) is 0 Å². The predicted molar refractivity (Wildman–Crippen MR) is 70.4 cm³/mol. The van der Waals surface area contributed by atoms with Gasteiger partial charge in [0.15, 0.2) is 5.75 Å². The van der Waals surface area contributed by atoms with Crippen molar-refractivity contribution in [3.63, 3.8) is 0 Å². The number of carbonyl (C=O) groups is 1. The van der Waals surface area contributed by atoms with Gasteiger partial charge in [0.25, 0.3) is 10.2 Å². The first-order valence-corrected chi connectivity index (χ1v) is 7.04. The largest absolute Gasteiger partial charge is 0.505 e. The molecule has 0 saturated heterocycles. The number of rotatable bonds is 6. The molecule has 1 aromatic carbocycles. The molecule has 19 heavy (non-hydrogen) atoms. The standard InChI is InChI=1S/C11H16N2O5S/c1-7(2)6-12-19(17,18)13-9-5-3-4-8(10(9)14)11(15)16/h3-5,7,12-14H,6H2,1-2H3,(H,15,16). The van der Waals surface area contributed by atoms with Gasteiger partial charge >= 0.3 is 5.97 Å². The lowest BCUT2D eigenvalue weighted by atomic mass is 10.2. The van der Waals surface area contributed by atoms with E-state index in [1.807, 2.05) is 13.8 Å². The number of hydrogen-bond donors (Lipinski definition) is 4. The maximum atomic E-state index is 11.7. The number of phenols is 1. The van der Waals surface area contributed by atoms with Crippen molar-refractivity contribution in [1.82, 2.24) is 4.72 Å². The molecule has 106 valence electrons. The minimum Gasteiger partial charge on any atom is -0.505 e. The molecule has 0 radical (unpaired) electrons. The minimum atomic E-state index is -3.85. The fourth-order valence-corrected chi connectivity index (χ4v) is 2.33. The Kier molecular flexibility index (Phi) is 4.73. The van der Waals surface area contributed by atoms with Gasteiger partial charge in [-0.1, -0.05) is 19.9 Å². The summed E-state index contributed by atoms with van der Waals surface area (Å²) in [5.74, 6) is -1.84. The monoisotopic (exact) mass is 288 g/mol. The van der Waals surface area contributed by atoms with Crippen molar-refractivity contribution in [2.24, 2.45) is 5.92 Å². The number of nitrogens with one attached hydrogen (secondary N) is 2. The van der Waals surface area contributed by atoms with Gasteiger partial charge in [0.1, 0.15) is 5.56 Å². The van der Waals surface area contributed by atoms with E-state index in [1.54, 1.807) is 0 Å². The molecule has 0 saturated carbocycles. The van der Waals surface area contributed by atoms with E-state index in [-0.39, 0.29) is 23.7 Å². The zero-order valence-corrected chi connectivity index (χ0v) is 11.4. The van der Waals surface area contributed by atoms with Gasteiger partial charge in [-0.15, -0.1) is 0 Å². The van der Waals surface area contributed by atoms with Crippen LogP contribution >= 0.6 is 0 Å². The second-order valence-electron chi connectivity index (χ2n) is 4.35. The number of carboxylic acid groups (broad SMARTS) is 1. The van der Waals surface area contributed by atoms with Gasteiger partial charge in [0.2, 0.25) is 0 Å². The highest BCUT2D eigenvalue weighted by molar-refractivity contribution is 7.90. The molecule has 1 rings (SSSR count). The zero-order chi connectivity index (χ0) is 14.6. The van der Waals surface area contributed by atoms with Crippen LogP contribution in [0.3, 0.4) is 0 Å². The van der Waals surface area contributed by atoms with Gasteiger partial charge < -0.3 is 10.2 Å². The Morgan fingerprint density at radius 3 is 2.53 bits per heavy atom. The number of benzene rings is 1. The van der Waals surface area contributed by atoms with Crippen LogP contribution in [0, 0.1) is 5.92 Å². The number of anilines is 1. The average molecular weight is 288 g/mol. The molecule has 0 aromatic heterocycles. The smallest absolute Gasteiger partial charge is 0.339 e. The van der Waals surface area contributed by atoms with E-state index in [2.05, 4.69) is 9.44 Å². The molecule has 0 fully saturated rings. The normalized spacial score (nSPS) is 11.5. The van der Waals surface area contributed by atoms with E-state index >= 15 is 0 Å². The summed E-state index contributed by atoms with van der Waals surface area (Å²) < 4.78 is 27.7. The van der Waals surface area contributed by atoms with Crippen molar-refractivity contribution in [3.05, 3.63) is 23.8 Å². The molecule has 0 spiro atoms. The highest BCUT2D eigenvalue weighted by atomic mass is 32.2. The lowest BCUT2D eigenvalue weighted by Crippen LogP contribution is -2.32. The number of carboxylic acids is 1. The third-order valence-electron chi connectivity index (χ3n) is 2.19. The van der Waals surface area contributed by atoms with Crippen LogP contribution in [0.4, 0.5) is 5.69 Å². The summed E-state index contributed by atoms with van der Waals surface area (Å²) >= 11 is 0. The molecule has 0 heterocycles. The summed E-state index contributed by atoms with van der Waals surface area (Å²) in [5.41, 5.74) is -0.555. The second-order valence-corrected chi connectivity index (χ2v) is 5.85. The maximum absolute atomic E-state index is 11.7. The Morgan fingerprint density at radius 1 is 1.37 bits per heavy atom. The van der Waals surface area contributed by atoms with Crippen molar-refractivity contribution in [3.8, 4) is 5.75 Å². The minimum absolute atomic E-state index is 0.121. The van der Waals surface area contributed by atoms with Gasteiger partial charge in [-0.05, 0) is 18.1 Å². The summed E-state index contributed by atoms with van der Waals surface area (Å²) in [5, 5.41) is 18.5. The summed E-state index contributed by atoms with van der Waals surface area (Å²) in [7, 11) is -3.85. The van der Waals surface area contributed by atoms with E-state index in [4.69, 9.17) is 5.11 Å². The Hall–Kier alpha value is -1.80. The quantitative estimate of drug-likeness (QED) is 0.583. The van der Waals surface area contributed by atoms with Crippen LogP contribution in [0.25, 0.3) is 0 Å². The molecule has 0 aliphatic heterocycles. The van der Waals surface area contributed by atoms with Crippen LogP contribution in [-0.4, -0.2) is 31.1 Å². The van der Waals surface area contributed by atoms with Crippen LogP contribution in [0.15, 0.2) is 18.2 Å². The van der Waals surface area contributed by atoms with E-state index < -0.39 is 21.9 Å². The first-order valence-electron chi connectivity index (χ1n) is 5.55. The zero-order valence-electron chi connectivity index (χ0n) is 10.5. The van der Waals surface area contributed by atoms with E-state index in [9.17, 15) is 18.3 Å². The molecule has 0 amide bonds. The van der Waals surface area contributed by atoms with Crippen LogP contribution in [0.2, 0.25) is 0 Å². The summed E-state index contributed by atoms with van der Waals surface area (Å²) in [6, 6.07) is 3.79. The Labute approximate surface area is 111 Å².